The monoisotopic (exact) mass is 417 g/mol. The van der Waals surface area contributed by atoms with Gasteiger partial charge in [0.05, 0.1) is 5.56 Å². The summed E-state index contributed by atoms with van der Waals surface area (Å²) >= 11 is 2.68. The van der Waals surface area contributed by atoms with E-state index in [0.717, 1.165) is 16.0 Å². The van der Waals surface area contributed by atoms with Crippen LogP contribution < -0.4 is 10.6 Å². The molecule has 2 aromatic rings. The normalized spacial score (nSPS) is 16.7. The molecule has 3 rings (SSSR count). The van der Waals surface area contributed by atoms with Crippen molar-refractivity contribution < 1.29 is 14.3 Å². The molecule has 0 saturated carbocycles. The van der Waals surface area contributed by atoms with Crippen molar-refractivity contribution in [2.75, 3.05) is 11.9 Å². The van der Waals surface area contributed by atoms with Gasteiger partial charge in [-0.1, -0.05) is 0 Å². The number of amides is 1. The highest BCUT2D eigenvalue weighted by Gasteiger charge is 2.40. The largest absolute Gasteiger partial charge is 0.451 e. The van der Waals surface area contributed by atoms with E-state index >= 15 is 0 Å². The minimum atomic E-state index is -0.513. The smallest absolute Gasteiger partial charge is 0.349 e. The van der Waals surface area contributed by atoms with Crippen molar-refractivity contribution in [2.24, 2.45) is 0 Å². The number of ether oxygens (including phenoxy) is 1. The van der Waals surface area contributed by atoms with Crippen LogP contribution >= 0.6 is 22.7 Å². The Balaban J connectivity index is 1.75. The molecule has 6 nitrogen and oxygen atoms in total. The molecule has 0 radical (unpaired) electrons. The van der Waals surface area contributed by atoms with Crippen LogP contribution in [0.5, 0.6) is 0 Å². The van der Waals surface area contributed by atoms with Crippen molar-refractivity contribution in [2.45, 2.75) is 52.1 Å². The zero-order chi connectivity index (χ0) is 20.7. The third-order valence-corrected chi connectivity index (χ3v) is 7.06. The highest BCUT2D eigenvalue weighted by Crippen LogP contribution is 2.44. The van der Waals surface area contributed by atoms with Gasteiger partial charge in [-0.15, -0.1) is 22.7 Å². The summed E-state index contributed by atoms with van der Waals surface area (Å²) in [5, 5.41) is 18.3. The molecule has 0 aromatic carbocycles. The number of aryl methyl sites for hydroxylation is 1. The minimum Gasteiger partial charge on any atom is -0.451 e. The molecule has 1 aliphatic rings. The van der Waals surface area contributed by atoms with E-state index in [4.69, 9.17) is 4.74 Å². The number of thiophene rings is 2. The number of rotatable bonds is 4. The lowest BCUT2D eigenvalue weighted by Crippen LogP contribution is -2.54. The molecule has 0 fully saturated rings. The molecule has 0 bridgehead atoms. The van der Waals surface area contributed by atoms with E-state index in [9.17, 15) is 14.9 Å². The van der Waals surface area contributed by atoms with Crippen molar-refractivity contribution in [3.05, 3.63) is 37.9 Å². The fourth-order valence-electron chi connectivity index (χ4n) is 3.68. The van der Waals surface area contributed by atoms with E-state index in [0.29, 0.717) is 21.9 Å². The van der Waals surface area contributed by atoms with E-state index in [1.807, 2.05) is 13.0 Å². The first-order chi connectivity index (χ1) is 13.0. The van der Waals surface area contributed by atoms with Gasteiger partial charge in [-0.05, 0) is 63.6 Å². The predicted molar refractivity (Wildman–Crippen MR) is 111 cm³/mol. The van der Waals surface area contributed by atoms with Crippen molar-refractivity contribution in [1.29, 1.82) is 5.26 Å². The second kappa shape index (κ2) is 7.32. The number of hydrogen-bond acceptors (Lipinski definition) is 7. The van der Waals surface area contributed by atoms with Gasteiger partial charge in [0.25, 0.3) is 5.91 Å². The minimum absolute atomic E-state index is 0.154. The molecule has 0 saturated heterocycles. The van der Waals surface area contributed by atoms with Crippen molar-refractivity contribution >= 4 is 39.6 Å². The van der Waals surface area contributed by atoms with Gasteiger partial charge >= 0.3 is 5.97 Å². The Kier molecular flexibility index (Phi) is 5.36. The molecule has 0 spiro atoms. The molecule has 2 N–H and O–H groups in total. The topological polar surface area (TPSA) is 91.2 Å². The van der Waals surface area contributed by atoms with Crippen LogP contribution in [0.1, 0.15) is 58.9 Å². The number of nitrogens with one attached hydrogen (secondary N) is 2. The molecular formula is C20H23N3O3S2. The fraction of sp³-hybridized carbons (Fsp3) is 0.450. The van der Waals surface area contributed by atoms with Crippen LogP contribution in [0.3, 0.4) is 0 Å². The summed E-state index contributed by atoms with van der Waals surface area (Å²) in [5.74, 6) is -0.969. The number of hydrogen-bond donors (Lipinski definition) is 2. The van der Waals surface area contributed by atoms with Crippen LogP contribution in [0, 0.1) is 18.3 Å². The summed E-state index contributed by atoms with van der Waals surface area (Å²) < 4.78 is 5.12. The Hall–Kier alpha value is -2.21. The first kappa shape index (κ1) is 20.5. The van der Waals surface area contributed by atoms with Crippen LogP contribution in [0.2, 0.25) is 0 Å². The van der Waals surface area contributed by atoms with Gasteiger partial charge in [-0.2, -0.15) is 5.26 Å². The maximum Gasteiger partial charge on any atom is 0.349 e. The lowest BCUT2D eigenvalue weighted by atomic mass is 9.81. The summed E-state index contributed by atoms with van der Waals surface area (Å²) in [6.45, 7) is 9.76. The first-order valence-electron chi connectivity index (χ1n) is 8.91. The van der Waals surface area contributed by atoms with Gasteiger partial charge in [0.15, 0.2) is 6.61 Å². The number of carbonyl (C=O) groups is 2. The quantitative estimate of drug-likeness (QED) is 0.735. The molecule has 0 aliphatic carbocycles. The van der Waals surface area contributed by atoms with Crippen molar-refractivity contribution in [1.82, 2.24) is 5.32 Å². The lowest BCUT2D eigenvalue weighted by molar-refractivity contribution is -0.119. The van der Waals surface area contributed by atoms with E-state index in [1.165, 1.54) is 22.7 Å². The molecule has 28 heavy (non-hydrogen) atoms. The Morgan fingerprint density at radius 1 is 1.36 bits per heavy atom. The van der Waals surface area contributed by atoms with E-state index < -0.39 is 18.5 Å². The maximum atomic E-state index is 12.3. The zero-order valence-corrected chi connectivity index (χ0v) is 18.2. The van der Waals surface area contributed by atoms with Crippen LogP contribution in [-0.4, -0.2) is 24.0 Å². The van der Waals surface area contributed by atoms with Crippen LogP contribution in [0.4, 0.5) is 5.00 Å². The molecule has 148 valence electrons. The molecule has 1 amide bonds. The third-order valence-electron chi connectivity index (χ3n) is 4.59. The van der Waals surface area contributed by atoms with Gasteiger partial charge < -0.3 is 15.4 Å². The average Bonchev–Trinajstić information content (AvgIpc) is 3.14. The van der Waals surface area contributed by atoms with E-state index in [1.54, 1.807) is 5.38 Å². The summed E-state index contributed by atoms with van der Waals surface area (Å²) in [7, 11) is 0. The number of esters is 1. The summed E-state index contributed by atoms with van der Waals surface area (Å²) in [6, 6.07) is 4.07. The summed E-state index contributed by atoms with van der Waals surface area (Å²) in [4.78, 5) is 25.9. The standard InChI is InChI=1S/C20H23N3O3S2/c1-11-6-7-27-15(11)18(25)26-10-14(24)22-17-13(9-21)12-8-19(2,3)23-20(4,5)16(12)28-17/h6-7,23H,8,10H2,1-5H3,(H,22,24). The van der Waals surface area contributed by atoms with Gasteiger partial charge in [-0.3, -0.25) is 4.79 Å². The Morgan fingerprint density at radius 3 is 2.68 bits per heavy atom. The number of carbonyl (C=O) groups excluding carboxylic acids is 2. The lowest BCUT2D eigenvalue weighted by Gasteiger charge is -2.42. The van der Waals surface area contributed by atoms with Gasteiger partial charge in [0, 0.05) is 16.0 Å². The van der Waals surface area contributed by atoms with Gasteiger partial charge in [-0.25, -0.2) is 4.79 Å². The van der Waals surface area contributed by atoms with Gasteiger partial charge in [0.1, 0.15) is 15.9 Å². The van der Waals surface area contributed by atoms with Crippen molar-refractivity contribution in [3.63, 3.8) is 0 Å². The van der Waals surface area contributed by atoms with Crippen LogP contribution in [0.25, 0.3) is 0 Å². The predicted octanol–water partition coefficient (Wildman–Crippen LogP) is 3.94. The van der Waals surface area contributed by atoms with Crippen molar-refractivity contribution in [3.8, 4) is 6.07 Å². The highest BCUT2D eigenvalue weighted by atomic mass is 32.1. The van der Waals surface area contributed by atoms with E-state index in [-0.39, 0.29) is 11.1 Å². The number of fused-ring (bicyclic) bond motifs is 1. The van der Waals surface area contributed by atoms with E-state index in [2.05, 4.69) is 44.4 Å². The zero-order valence-electron chi connectivity index (χ0n) is 16.6. The third kappa shape index (κ3) is 3.97. The summed E-state index contributed by atoms with van der Waals surface area (Å²) in [5.41, 5.74) is 1.84. The molecular weight excluding hydrogens is 394 g/mol. The molecule has 3 heterocycles. The summed E-state index contributed by atoms with van der Waals surface area (Å²) in [6.07, 6.45) is 0.702. The molecule has 0 atom stereocenters. The number of nitriles is 1. The first-order valence-corrected chi connectivity index (χ1v) is 10.6. The molecule has 1 aliphatic heterocycles. The number of anilines is 1. The average molecular weight is 418 g/mol. The number of nitrogens with zero attached hydrogens (tertiary/aromatic N) is 1. The van der Waals surface area contributed by atoms with Crippen LogP contribution in [0.15, 0.2) is 11.4 Å². The Bertz CT molecular complexity index is 979. The van der Waals surface area contributed by atoms with Gasteiger partial charge in [0.2, 0.25) is 0 Å². The second-order valence-corrected chi connectivity index (χ2v) is 10.0. The Labute approximate surface area is 172 Å². The molecule has 8 heteroatoms. The SMILES string of the molecule is Cc1ccsc1C(=O)OCC(=O)Nc1sc2c(c1C#N)CC(C)(C)NC2(C)C. The second-order valence-electron chi connectivity index (χ2n) is 8.09. The highest BCUT2D eigenvalue weighted by molar-refractivity contribution is 7.17. The van der Waals surface area contributed by atoms with Crippen LogP contribution in [-0.2, 0) is 21.5 Å². The maximum absolute atomic E-state index is 12.3. The molecule has 2 aromatic heterocycles. The fourth-order valence-corrected chi connectivity index (χ4v) is 5.74. The molecule has 0 unspecified atom stereocenters. The Morgan fingerprint density at radius 2 is 2.07 bits per heavy atom.